The van der Waals surface area contributed by atoms with Gasteiger partial charge in [-0.25, -0.2) is 4.79 Å². The molecular formula is C9H15NO3. The third kappa shape index (κ3) is 5.00. The van der Waals surface area contributed by atoms with E-state index in [1.54, 1.807) is 0 Å². The highest BCUT2D eigenvalue weighted by Crippen LogP contribution is 1.97. The Bertz CT molecular complexity index is 201. The third-order valence-corrected chi connectivity index (χ3v) is 1.43. The first-order valence-corrected chi connectivity index (χ1v) is 4.24. The Labute approximate surface area is 78.1 Å². The minimum absolute atomic E-state index is 0.274. The highest BCUT2D eigenvalue weighted by molar-refractivity contribution is 5.83. The van der Waals surface area contributed by atoms with Crippen molar-refractivity contribution < 1.29 is 14.4 Å². The van der Waals surface area contributed by atoms with Crippen LogP contribution < -0.4 is 0 Å². The zero-order valence-electron chi connectivity index (χ0n) is 8.08. The second kappa shape index (κ2) is 6.22. The number of hydrogen-bond donors (Lipinski definition) is 0. The highest BCUT2D eigenvalue weighted by Gasteiger charge is 2.11. The van der Waals surface area contributed by atoms with Gasteiger partial charge in [0, 0.05) is 13.0 Å². The van der Waals surface area contributed by atoms with Crippen LogP contribution in [0, 0.1) is 0 Å². The zero-order chi connectivity index (χ0) is 10.3. The second-order valence-corrected chi connectivity index (χ2v) is 2.59. The molecule has 0 spiro atoms. The molecule has 0 heterocycles. The van der Waals surface area contributed by atoms with Crippen LogP contribution in [0.1, 0.15) is 26.7 Å². The first kappa shape index (κ1) is 11.7. The molecule has 0 unspecified atom stereocenters. The van der Waals surface area contributed by atoms with Gasteiger partial charge in [0.15, 0.2) is 0 Å². The van der Waals surface area contributed by atoms with Crippen LogP contribution in [-0.4, -0.2) is 23.5 Å². The summed E-state index contributed by atoms with van der Waals surface area (Å²) in [5.74, 6) is -0.880. The van der Waals surface area contributed by atoms with E-state index >= 15 is 0 Å². The van der Waals surface area contributed by atoms with Gasteiger partial charge in [-0.15, -0.1) is 0 Å². The molecule has 0 rings (SSSR count). The number of hydroxylamine groups is 2. The van der Waals surface area contributed by atoms with E-state index in [1.807, 2.05) is 6.92 Å². The Balaban J connectivity index is 4.01. The summed E-state index contributed by atoms with van der Waals surface area (Å²) in [4.78, 5) is 26.4. The van der Waals surface area contributed by atoms with E-state index in [1.165, 1.54) is 6.92 Å². The Kier molecular flexibility index (Phi) is 5.59. The molecule has 0 aliphatic carbocycles. The van der Waals surface area contributed by atoms with Gasteiger partial charge in [-0.2, -0.15) is 5.06 Å². The fourth-order valence-corrected chi connectivity index (χ4v) is 0.715. The van der Waals surface area contributed by atoms with Gasteiger partial charge in [0.25, 0.3) is 5.91 Å². The van der Waals surface area contributed by atoms with Gasteiger partial charge in [-0.05, 0) is 6.42 Å². The Hall–Kier alpha value is -1.32. The number of rotatable bonds is 4. The van der Waals surface area contributed by atoms with E-state index in [9.17, 15) is 9.59 Å². The minimum Gasteiger partial charge on any atom is -0.333 e. The van der Waals surface area contributed by atoms with Crippen molar-refractivity contribution in [3.05, 3.63) is 12.7 Å². The number of unbranched alkanes of at least 4 members (excludes halogenated alkanes) is 1. The average Bonchev–Trinajstić information content (AvgIpc) is 2.11. The Morgan fingerprint density at radius 2 is 2.15 bits per heavy atom. The van der Waals surface area contributed by atoms with Crippen molar-refractivity contribution in [1.82, 2.24) is 5.06 Å². The molecule has 0 fully saturated rings. The summed E-state index contributed by atoms with van der Waals surface area (Å²) in [5.41, 5.74) is 0. The molecule has 0 N–H and O–H groups in total. The van der Waals surface area contributed by atoms with Crippen LogP contribution in [0.5, 0.6) is 0 Å². The molecule has 0 radical (unpaired) electrons. The van der Waals surface area contributed by atoms with Gasteiger partial charge in [-0.1, -0.05) is 19.9 Å². The summed E-state index contributed by atoms with van der Waals surface area (Å²) in [5, 5.41) is 1.05. The largest absolute Gasteiger partial charge is 0.355 e. The van der Waals surface area contributed by atoms with Crippen molar-refractivity contribution in [2.45, 2.75) is 26.7 Å². The lowest BCUT2D eigenvalue weighted by Crippen LogP contribution is -2.31. The first-order valence-electron chi connectivity index (χ1n) is 4.24. The zero-order valence-corrected chi connectivity index (χ0v) is 8.08. The van der Waals surface area contributed by atoms with E-state index in [2.05, 4.69) is 11.4 Å². The van der Waals surface area contributed by atoms with Crippen LogP contribution in [0.15, 0.2) is 12.7 Å². The predicted molar refractivity (Wildman–Crippen MR) is 48.6 cm³/mol. The summed E-state index contributed by atoms with van der Waals surface area (Å²) in [6, 6.07) is 0. The molecule has 4 nitrogen and oxygen atoms in total. The monoisotopic (exact) mass is 185 g/mol. The minimum atomic E-state index is -0.605. The van der Waals surface area contributed by atoms with Crippen LogP contribution in [0.25, 0.3) is 0 Å². The molecule has 0 saturated heterocycles. The van der Waals surface area contributed by atoms with Gasteiger partial charge < -0.3 is 4.84 Å². The summed E-state index contributed by atoms with van der Waals surface area (Å²) in [6.07, 6.45) is 2.78. The lowest BCUT2D eigenvalue weighted by Gasteiger charge is -2.17. The van der Waals surface area contributed by atoms with Crippen LogP contribution in [0.4, 0.5) is 0 Å². The maximum absolute atomic E-state index is 10.9. The van der Waals surface area contributed by atoms with Crippen molar-refractivity contribution in [2.75, 3.05) is 6.54 Å². The van der Waals surface area contributed by atoms with E-state index in [0.29, 0.717) is 6.54 Å². The van der Waals surface area contributed by atoms with E-state index in [0.717, 1.165) is 24.0 Å². The molecule has 0 aromatic heterocycles. The SMILES string of the molecule is C=CC(=O)ON(CCCC)C(C)=O. The maximum Gasteiger partial charge on any atom is 0.355 e. The fourth-order valence-electron chi connectivity index (χ4n) is 0.715. The quantitative estimate of drug-likeness (QED) is 0.489. The normalized spacial score (nSPS) is 9.08. The first-order chi connectivity index (χ1) is 6.11. The fraction of sp³-hybridized carbons (Fsp3) is 0.556. The van der Waals surface area contributed by atoms with E-state index in [-0.39, 0.29) is 5.91 Å². The predicted octanol–water partition coefficient (Wildman–Crippen LogP) is 1.28. The molecule has 0 bridgehead atoms. The standard InChI is InChI=1S/C9H15NO3/c1-4-6-7-10(8(3)11)13-9(12)5-2/h5H,2,4,6-7H2,1,3H3. The number of amides is 1. The van der Waals surface area contributed by atoms with Crippen LogP contribution in [0.2, 0.25) is 0 Å². The molecule has 0 saturated carbocycles. The topological polar surface area (TPSA) is 46.6 Å². The van der Waals surface area contributed by atoms with Gasteiger partial charge >= 0.3 is 5.97 Å². The smallest absolute Gasteiger partial charge is 0.333 e. The Morgan fingerprint density at radius 1 is 1.54 bits per heavy atom. The highest BCUT2D eigenvalue weighted by atomic mass is 16.7. The maximum atomic E-state index is 10.9. The van der Waals surface area contributed by atoms with Gasteiger partial charge in [0.05, 0.1) is 6.54 Å². The molecule has 0 aromatic rings. The van der Waals surface area contributed by atoms with E-state index < -0.39 is 5.97 Å². The molecule has 74 valence electrons. The van der Waals surface area contributed by atoms with Gasteiger partial charge in [0.1, 0.15) is 0 Å². The van der Waals surface area contributed by atoms with Crippen LogP contribution >= 0.6 is 0 Å². The van der Waals surface area contributed by atoms with E-state index in [4.69, 9.17) is 0 Å². The lowest BCUT2D eigenvalue weighted by molar-refractivity contribution is -0.192. The van der Waals surface area contributed by atoms with Gasteiger partial charge in [0.2, 0.25) is 0 Å². The number of carbonyl (C=O) groups is 2. The van der Waals surface area contributed by atoms with Crippen molar-refractivity contribution in [3.63, 3.8) is 0 Å². The lowest BCUT2D eigenvalue weighted by atomic mass is 10.3. The number of hydrogen-bond acceptors (Lipinski definition) is 3. The second-order valence-electron chi connectivity index (χ2n) is 2.59. The third-order valence-electron chi connectivity index (χ3n) is 1.43. The summed E-state index contributed by atoms with van der Waals surface area (Å²) in [6.45, 7) is 7.02. The molecule has 4 heteroatoms. The van der Waals surface area contributed by atoms with Crippen molar-refractivity contribution in [2.24, 2.45) is 0 Å². The summed E-state index contributed by atoms with van der Waals surface area (Å²) in [7, 11) is 0. The Morgan fingerprint density at radius 3 is 2.54 bits per heavy atom. The number of nitrogens with zero attached hydrogens (tertiary/aromatic N) is 1. The summed E-state index contributed by atoms with van der Waals surface area (Å²) < 4.78 is 0. The molecular weight excluding hydrogens is 170 g/mol. The number of carbonyl (C=O) groups excluding carboxylic acids is 2. The molecule has 0 atom stereocenters. The van der Waals surface area contributed by atoms with Crippen molar-refractivity contribution in [1.29, 1.82) is 0 Å². The molecule has 1 amide bonds. The average molecular weight is 185 g/mol. The molecule has 0 aliphatic heterocycles. The summed E-state index contributed by atoms with van der Waals surface area (Å²) >= 11 is 0. The molecule has 0 aliphatic rings. The molecule has 0 aromatic carbocycles. The van der Waals surface area contributed by atoms with Crippen molar-refractivity contribution >= 4 is 11.9 Å². The molecule has 13 heavy (non-hydrogen) atoms. The van der Waals surface area contributed by atoms with Gasteiger partial charge in [-0.3, -0.25) is 4.79 Å². The van der Waals surface area contributed by atoms with Crippen molar-refractivity contribution in [3.8, 4) is 0 Å². The van der Waals surface area contributed by atoms with Crippen LogP contribution in [-0.2, 0) is 14.4 Å². The van der Waals surface area contributed by atoms with Crippen LogP contribution in [0.3, 0.4) is 0 Å².